The van der Waals surface area contributed by atoms with Crippen molar-refractivity contribution in [3.63, 3.8) is 0 Å². The zero-order chi connectivity index (χ0) is 10.5. The zero-order valence-electron chi connectivity index (χ0n) is 9.49. The minimum Gasteiger partial charge on any atom is -0.388 e. The van der Waals surface area contributed by atoms with Crippen LogP contribution in [0.2, 0.25) is 0 Å². The van der Waals surface area contributed by atoms with Gasteiger partial charge in [0, 0.05) is 0 Å². The molecule has 0 spiro atoms. The van der Waals surface area contributed by atoms with Gasteiger partial charge in [-0.3, -0.25) is 0 Å². The second-order valence-corrected chi connectivity index (χ2v) is 4.94. The molecule has 0 radical (unpaired) electrons. The smallest absolute Gasteiger partial charge is 0.0789 e. The molecule has 0 saturated heterocycles. The molecule has 15 heavy (non-hydrogen) atoms. The molecule has 1 atom stereocenters. The van der Waals surface area contributed by atoms with Gasteiger partial charge in [-0.05, 0) is 30.8 Å². The van der Waals surface area contributed by atoms with E-state index >= 15 is 0 Å². The summed E-state index contributed by atoms with van der Waals surface area (Å²) in [4.78, 5) is 0. The number of hydrogen-bond donors (Lipinski definition) is 1. The van der Waals surface area contributed by atoms with Crippen molar-refractivity contribution in [2.45, 2.75) is 57.5 Å². The van der Waals surface area contributed by atoms with Crippen LogP contribution in [0.1, 0.15) is 51.4 Å². The largest absolute Gasteiger partial charge is 0.388 e. The lowest BCUT2D eigenvalue weighted by Crippen LogP contribution is -2.18. The maximum absolute atomic E-state index is 10.1. The van der Waals surface area contributed by atoms with Crippen molar-refractivity contribution in [1.29, 1.82) is 0 Å². The van der Waals surface area contributed by atoms with Crippen molar-refractivity contribution >= 4 is 0 Å². The van der Waals surface area contributed by atoms with E-state index in [9.17, 15) is 5.11 Å². The van der Waals surface area contributed by atoms with E-state index < -0.39 is 0 Å². The molecule has 1 heteroatoms. The van der Waals surface area contributed by atoms with Crippen molar-refractivity contribution in [2.75, 3.05) is 0 Å². The average molecular weight is 206 g/mol. The fraction of sp³-hybridized carbons (Fsp3) is 0.714. The Morgan fingerprint density at radius 3 is 2.67 bits per heavy atom. The summed E-state index contributed by atoms with van der Waals surface area (Å²) >= 11 is 0. The summed E-state index contributed by atoms with van der Waals surface area (Å²) in [7, 11) is 0. The Hall–Kier alpha value is -0.560. The van der Waals surface area contributed by atoms with Gasteiger partial charge in [0.05, 0.1) is 6.10 Å². The average Bonchev–Trinajstić information content (AvgIpc) is 2.31. The molecule has 1 nitrogen and oxygen atoms in total. The van der Waals surface area contributed by atoms with E-state index in [2.05, 4.69) is 18.2 Å². The molecule has 84 valence electrons. The molecule has 2 rings (SSSR count). The third kappa shape index (κ3) is 3.20. The van der Waals surface area contributed by atoms with Crippen molar-refractivity contribution < 1.29 is 5.11 Å². The zero-order valence-corrected chi connectivity index (χ0v) is 9.49. The Morgan fingerprint density at radius 1 is 1.20 bits per heavy atom. The van der Waals surface area contributed by atoms with Gasteiger partial charge in [-0.15, -0.1) is 0 Å². The molecule has 1 unspecified atom stereocenters. The maximum atomic E-state index is 10.1. The van der Waals surface area contributed by atoms with Crippen LogP contribution >= 0.6 is 0 Å². The first-order valence-electron chi connectivity index (χ1n) is 6.41. The summed E-state index contributed by atoms with van der Waals surface area (Å²) in [6.45, 7) is 0. The normalized spacial score (nSPS) is 25.0. The van der Waals surface area contributed by atoms with E-state index in [1.807, 2.05) is 0 Å². The van der Waals surface area contributed by atoms with E-state index in [4.69, 9.17) is 0 Å². The van der Waals surface area contributed by atoms with Crippen LogP contribution in [0, 0.1) is 5.92 Å². The van der Waals surface area contributed by atoms with Gasteiger partial charge in [-0.1, -0.05) is 50.3 Å². The minimum absolute atomic E-state index is 0.204. The van der Waals surface area contributed by atoms with Crippen LogP contribution in [-0.2, 0) is 0 Å². The number of rotatable bonds is 3. The van der Waals surface area contributed by atoms with Crippen LogP contribution in [0.5, 0.6) is 0 Å². The van der Waals surface area contributed by atoms with Gasteiger partial charge in [0.1, 0.15) is 0 Å². The molecule has 1 N–H and O–H groups in total. The summed E-state index contributed by atoms with van der Waals surface area (Å²) in [5, 5.41) is 10.1. The molecular weight excluding hydrogens is 184 g/mol. The maximum Gasteiger partial charge on any atom is 0.0789 e. The van der Waals surface area contributed by atoms with Gasteiger partial charge in [-0.25, -0.2) is 0 Å². The molecule has 0 aliphatic heterocycles. The van der Waals surface area contributed by atoms with Crippen LogP contribution in [0.3, 0.4) is 0 Å². The molecule has 0 amide bonds. The summed E-state index contributed by atoms with van der Waals surface area (Å²) in [5.41, 5.74) is 1.16. The second kappa shape index (κ2) is 5.50. The Kier molecular flexibility index (Phi) is 4.01. The van der Waals surface area contributed by atoms with Crippen LogP contribution in [0.4, 0.5) is 0 Å². The summed E-state index contributed by atoms with van der Waals surface area (Å²) in [6.07, 6.45) is 16.3. The molecule has 1 fully saturated rings. The lowest BCUT2D eigenvalue weighted by molar-refractivity contribution is 0.162. The monoisotopic (exact) mass is 206 g/mol. The second-order valence-electron chi connectivity index (χ2n) is 4.94. The van der Waals surface area contributed by atoms with Gasteiger partial charge < -0.3 is 5.11 Å². The summed E-state index contributed by atoms with van der Waals surface area (Å²) < 4.78 is 0. The molecule has 2 aliphatic rings. The molecule has 0 bridgehead atoms. The Bertz CT molecular complexity index is 246. The fourth-order valence-electron chi connectivity index (χ4n) is 2.76. The first-order chi connectivity index (χ1) is 7.36. The van der Waals surface area contributed by atoms with E-state index in [-0.39, 0.29) is 6.10 Å². The predicted octanol–water partition coefficient (Wildman–Crippen LogP) is 3.59. The Balaban J connectivity index is 1.82. The van der Waals surface area contributed by atoms with Crippen molar-refractivity contribution in [3.8, 4) is 0 Å². The van der Waals surface area contributed by atoms with E-state index in [0.29, 0.717) is 0 Å². The lowest BCUT2D eigenvalue weighted by atomic mass is 9.83. The van der Waals surface area contributed by atoms with Gasteiger partial charge >= 0.3 is 0 Å². The Morgan fingerprint density at radius 2 is 2.00 bits per heavy atom. The molecule has 0 aromatic carbocycles. The SMILES string of the molecule is OC(CC1CCCCC1)C1=CCCC=C1. The number of aliphatic hydroxyl groups is 1. The number of allylic oxidation sites excluding steroid dienone is 2. The first-order valence-corrected chi connectivity index (χ1v) is 6.41. The predicted molar refractivity (Wildman–Crippen MR) is 63.7 cm³/mol. The van der Waals surface area contributed by atoms with Gasteiger partial charge in [-0.2, -0.15) is 0 Å². The minimum atomic E-state index is -0.204. The van der Waals surface area contributed by atoms with E-state index in [0.717, 1.165) is 30.8 Å². The van der Waals surface area contributed by atoms with Crippen LogP contribution in [-0.4, -0.2) is 11.2 Å². The van der Waals surface area contributed by atoms with Gasteiger partial charge in [0.2, 0.25) is 0 Å². The van der Waals surface area contributed by atoms with Crippen LogP contribution < -0.4 is 0 Å². The molecular formula is C14H22O. The fourth-order valence-corrected chi connectivity index (χ4v) is 2.76. The molecule has 0 aromatic heterocycles. The highest BCUT2D eigenvalue weighted by Crippen LogP contribution is 2.29. The van der Waals surface area contributed by atoms with E-state index in [1.54, 1.807) is 0 Å². The molecule has 2 aliphatic carbocycles. The highest BCUT2D eigenvalue weighted by atomic mass is 16.3. The van der Waals surface area contributed by atoms with Crippen molar-refractivity contribution in [1.82, 2.24) is 0 Å². The number of aliphatic hydroxyl groups excluding tert-OH is 1. The van der Waals surface area contributed by atoms with E-state index in [1.165, 1.54) is 32.1 Å². The van der Waals surface area contributed by atoms with Gasteiger partial charge in [0.25, 0.3) is 0 Å². The standard InChI is InChI=1S/C14H22O/c15-14(13-9-5-2-6-10-13)11-12-7-3-1-4-8-12/h5,9-10,12,14-15H,1-4,6-8,11H2. The third-order valence-electron chi connectivity index (χ3n) is 3.69. The summed E-state index contributed by atoms with van der Waals surface area (Å²) in [6, 6.07) is 0. The van der Waals surface area contributed by atoms with Crippen LogP contribution in [0.15, 0.2) is 23.8 Å². The van der Waals surface area contributed by atoms with Crippen molar-refractivity contribution in [2.24, 2.45) is 5.92 Å². The topological polar surface area (TPSA) is 20.2 Å². The molecule has 1 saturated carbocycles. The first kappa shape index (κ1) is 10.9. The highest BCUT2D eigenvalue weighted by Gasteiger charge is 2.19. The van der Waals surface area contributed by atoms with Crippen molar-refractivity contribution in [3.05, 3.63) is 23.8 Å². The molecule has 0 heterocycles. The third-order valence-corrected chi connectivity index (χ3v) is 3.69. The number of hydrogen-bond acceptors (Lipinski definition) is 1. The lowest BCUT2D eigenvalue weighted by Gasteiger charge is -2.25. The van der Waals surface area contributed by atoms with Crippen LogP contribution in [0.25, 0.3) is 0 Å². The van der Waals surface area contributed by atoms with Gasteiger partial charge in [0.15, 0.2) is 0 Å². The highest BCUT2D eigenvalue weighted by molar-refractivity contribution is 5.25. The summed E-state index contributed by atoms with van der Waals surface area (Å²) in [5.74, 6) is 0.768. The molecule has 0 aromatic rings. The quantitative estimate of drug-likeness (QED) is 0.748. The Labute approximate surface area is 92.9 Å².